The fourth-order valence-corrected chi connectivity index (χ4v) is 2.98. The second-order valence-electron chi connectivity index (χ2n) is 6.78. The summed E-state index contributed by atoms with van der Waals surface area (Å²) in [7, 11) is 1.42. The molecule has 0 aromatic heterocycles. The molecule has 0 fully saturated rings. The summed E-state index contributed by atoms with van der Waals surface area (Å²) in [6, 6.07) is 6.12. The monoisotopic (exact) mass is 469 g/mol. The fourth-order valence-electron chi connectivity index (χ4n) is 2.98. The van der Waals surface area contributed by atoms with E-state index in [9.17, 15) is 32.9 Å². The van der Waals surface area contributed by atoms with Gasteiger partial charge in [0.15, 0.2) is 6.61 Å². The lowest BCUT2D eigenvalue weighted by atomic mass is 10.1. The van der Waals surface area contributed by atoms with Crippen molar-refractivity contribution in [2.45, 2.75) is 6.18 Å². The molecule has 1 aliphatic rings. The number of halogens is 3. The summed E-state index contributed by atoms with van der Waals surface area (Å²) >= 11 is 0. The summed E-state index contributed by atoms with van der Waals surface area (Å²) in [5.41, 5.74) is -1.61. The molecule has 3 rings (SSSR count). The molecule has 1 heterocycles. The summed E-state index contributed by atoms with van der Waals surface area (Å²) in [5.74, 6) is -1.38. The molecule has 2 amide bonds. The highest BCUT2D eigenvalue weighted by Crippen LogP contribution is 2.37. The molecule has 10 nitrogen and oxygen atoms in total. The van der Waals surface area contributed by atoms with Gasteiger partial charge in [0.05, 0.1) is 28.5 Å². The number of alkyl halides is 3. The predicted molar refractivity (Wildman–Crippen MR) is 108 cm³/mol. The number of nitrogens with one attached hydrogen (secondary N) is 1. The average molecular weight is 469 g/mol. The SMILES string of the molecule is COCCOc1ccc(C(F)(F)F)cc1NC(=O)CN1C(=O)COc2ccc([N+](=O)[O-])cc21. The summed E-state index contributed by atoms with van der Waals surface area (Å²) in [5, 5.41) is 13.4. The maximum absolute atomic E-state index is 13.1. The van der Waals surface area contributed by atoms with Crippen molar-refractivity contribution in [3.63, 3.8) is 0 Å². The van der Waals surface area contributed by atoms with Crippen LogP contribution in [0.1, 0.15) is 5.56 Å². The van der Waals surface area contributed by atoms with Gasteiger partial charge >= 0.3 is 6.18 Å². The summed E-state index contributed by atoms with van der Waals surface area (Å²) < 4.78 is 54.9. The Labute approximate surface area is 185 Å². The van der Waals surface area contributed by atoms with Gasteiger partial charge in [0.1, 0.15) is 24.7 Å². The van der Waals surface area contributed by atoms with Crippen LogP contribution in [0.25, 0.3) is 0 Å². The number of rotatable bonds is 8. The Morgan fingerprint density at radius 1 is 1.24 bits per heavy atom. The Hall–Kier alpha value is -3.87. The van der Waals surface area contributed by atoms with Crippen LogP contribution in [0.3, 0.4) is 0 Å². The van der Waals surface area contributed by atoms with Crippen LogP contribution < -0.4 is 19.7 Å². The largest absolute Gasteiger partial charge is 0.489 e. The molecule has 1 N–H and O–H groups in total. The second kappa shape index (κ2) is 9.73. The number of anilines is 2. The van der Waals surface area contributed by atoms with Gasteiger partial charge in [-0.25, -0.2) is 0 Å². The van der Waals surface area contributed by atoms with Crippen LogP contribution in [0.5, 0.6) is 11.5 Å². The average Bonchev–Trinajstić information content (AvgIpc) is 2.75. The van der Waals surface area contributed by atoms with E-state index in [1.807, 2.05) is 0 Å². The highest BCUT2D eigenvalue weighted by atomic mass is 19.4. The smallest absolute Gasteiger partial charge is 0.416 e. The number of nitro benzene ring substituents is 1. The van der Waals surface area contributed by atoms with E-state index in [4.69, 9.17) is 14.2 Å². The maximum atomic E-state index is 13.1. The minimum atomic E-state index is -4.66. The Bertz CT molecular complexity index is 1080. The van der Waals surface area contributed by atoms with E-state index < -0.39 is 41.6 Å². The van der Waals surface area contributed by atoms with Crippen LogP contribution in [0, 0.1) is 10.1 Å². The first-order chi connectivity index (χ1) is 15.6. The van der Waals surface area contributed by atoms with Crippen molar-refractivity contribution >= 4 is 28.9 Å². The zero-order valence-electron chi connectivity index (χ0n) is 17.2. The minimum Gasteiger partial charge on any atom is -0.489 e. The van der Waals surface area contributed by atoms with Crippen molar-refractivity contribution in [2.24, 2.45) is 0 Å². The van der Waals surface area contributed by atoms with Gasteiger partial charge < -0.3 is 19.5 Å². The third-order valence-corrected chi connectivity index (χ3v) is 4.52. The molecule has 0 saturated carbocycles. The van der Waals surface area contributed by atoms with Gasteiger partial charge in [-0.05, 0) is 24.3 Å². The molecule has 0 spiro atoms. The lowest BCUT2D eigenvalue weighted by Gasteiger charge is -2.28. The van der Waals surface area contributed by atoms with Crippen molar-refractivity contribution in [3.8, 4) is 11.5 Å². The van der Waals surface area contributed by atoms with E-state index in [1.165, 1.54) is 19.2 Å². The van der Waals surface area contributed by atoms with Gasteiger partial charge in [0.2, 0.25) is 5.91 Å². The number of non-ortho nitro benzene ring substituents is 1. The molecule has 0 saturated heterocycles. The van der Waals surface area contributed by atoms with Crippen LogP contribution in [0.2, 0.25) is 0 Å². The highest BCUT2D eigenvalue weighted by Gasteiger charge is 2.32. The normalized spacial score (nSPS) is 13.2. The molecule has 33 heavy (non-hydrogen) atoms. The number of nitrogens with zero attached hydrogens (tertiary/aromatic N) is 2. The summed E-state index contributed by atoms with van der Waals surface area (Å²) in [4.78, 5) is 36.3. The molecule has 0 unspecified atom stereocenters. The van der Waals surface area contributed by atoms with Gasteiger partial charge in [-0.1, -0.05) is 0 Å². The Morgan fingerprint density at radius 3 is 2.67 bits per heavy atom. The number of nitro groups is 1. The third-order valence-electron chi connectivity index (χ3n) is 4.52. The zero-order valence-corrected chi connectivity index (χ0v) is 17.2. The number of ether oxygens (including phenoxy) is 3. The van der Waals surface area contributed by atoms with Crippen LogP contribution >= 0.6 is 0 Å². The first kappa shape index (κ1) is 23.8. The summed E-state index contributed by atoms with van der Waals surface area (Å²) in [6.45, 7) is -0.854. The van der Waals surface area contributed by atoms with Crippen molar-refractivity contribution in [3.05, 3.63) is 52.1 Å². The minimum absolute atomic E-state index is 0.00351. The van der Waals surface area contributed by atoms with Crippen LogP contribution in [0.4, 0.5) is 30.2 Å². The van der Waals surface area contributed by atoms with Crippen molar-refractivity contribution < 1.29 is 41.9 Å². The van der Waals surface area contributed by atoms with E-state index in [1.54, 1.807) is 0 Å². The van der Waals surface area contributed by atoms with Crippen molar-refractivity contribution in [1.29, 1.82) is 0 Å². The van der Waals surface area contributed by atoms with E-state index >= 15 is 0 Å². The Morgan fingerprint density at radius 2 is 2.00 bits per heavy atom. The van der Waals surface area contributed by atoms with Crippen LogP contribution in [0.15, 0.2) is 36.4 Å². The molecule has 13 heteroatoms. The predicted octanol–water partition coefficient (Wildman–Crippen LogP) is 3.00. The lowest BCUT2D eigenvalue weighted by molar-refractivity contribution is -0.384. The zero-order chi connectivity index (χ0) is 24.2. The Balaban J connectivity index is 1.85. The lowest BCUT2D eigenvalue weighted by Crippen LogP contribution is -2.43. The number of methoxy groups -OCH3 is 1. The maximum Gasteiger partial charge on any atom is 0.416 e. The molecule has 176 valence electrons. The van der Waals surface area contributed by atoms with E-state index in [0.29, 0.717) is 6.07 Å². The molecule has 2 aromatic rings. The van der Waals surface area contributed by atoms with E-state index in [-0.39, 0.29) is 41.8 Å². The number of fused-ring (bicyclic) bond motifs is 1. The molecule has 0 aliphatic carbocycles. The molecule has 0 atom stereocenters. The molecule has 0 radical (unpaired) electrons. The topological polar surface area (TPSA) is 120 Å². The Kier molecular flexibility index (Phi) is 7.01. The number of hydrogen-bond acceptors (Lipinski definition) is 7. The highest BCUT2D eigenvalue weighted by molar-refractivity contribution is 6.05. The molecule has 1 aliphatic heterocycles. The third kappa shape index (κ3) is 5.68. The van der Waals surface area contributed by atoms with Gasteiger partial charge in [0.25, 0.3) is 11.6 Å². The van der Waals surface area contributed by atoms with Crippen molar-refractivity contribution in [2.75, 3.05) is 43.7 Å². The van der Waals surface area contributed by atoms with E-state index in [0.717, 1.165) is 23.1 Å². The van der Waals surface area contributed by atoms with Gasteiger partial charge in [0, 0.05) is 19.2 Å². The number of carbonyl (C=O) groups is 2. The van der Waals surface area contributed by atoms with E-state index in [2.05, 4.69) is 5.32 Å². The van der Waals surface area contributed by atoms with Gasteiger partial charge in [-0.3, -0.25) is 24.6 Å². The van der Waals surface area contributed by atoms with Crippen LogP contribution in [-0.2, 0) is 20.5 Å². The van der Waals surface area contributed by atoms with Crippen LogP contribution in [-0.4, -0.2) is 50.2 Å². The van der Waals surface area contributed by atoms with Crippen molar-refractivity contribution in [1.82, 2.24) is 0 Å². The molecule has 2 aromatic carbocycles. The number of benzene rings is 2. The number of amides is 2. The quantitative estimate of drug-likeness (QED) is 0.359. The van der Waals surface area contributed by atoms with Gasteiger partial charge in [-0.2, -0.15) is 13.2 Å². The molecular weight excluding hydrogens is 451 g/mol. The molecular formula is C20H18F3N3O7. The molecule has 0 bridgehead atoms. The second-order valence-corrected chi connectivity index (χ2v) is 6.78. The first-order valence-electron chi connectivity index (χ1n) is 9.44. The first-order valence-corrected chi connectivity index (χ1v) is 9.44. The standard InChI is InChI=1S/C20H18F3N3O7/c1-31-6-7-32-16-4-2-12(20(21,22)23)8-14(16)24-18(27)10-25-15-9-13(26(29)30)3-5-17(15)33-11-19(25)28/h2-5,8-9H,6-7,10-11H2,1H3,(H,24,27). The number of hydrogen-bond donors (Lipinski definition) is 1. The fraction of sp³-hybridized carbons (Fsp3) is 0.300. The van der Waals surface area contributed by atoms with Gasteiger partial charge in [-0.15, -0.1) is 0 Å². The number of carbonyl (C=O) groups excluding carboxylic acids is 2. The summed E-state index contributed by atoms with van der Waals surface area (Å²) in [6.07, 6.45) is -4.66.